The summed E-state index contributed by atoms with van der Waals surface area (Å²) in [6.07, 6.45) is 1.90. The summed E-state index contributed by atoms with van der Waals surface area (Å²) in [5.41, 5.74) is 2.36. The molecular weight excluding hydrogens is 312 g/mol. The summed E-state index contributed by atoms with van der Waals surface area (Å²) in [4.78, 5) is 28.7. The molecule has 1 aromatic carbocycles. The van der Waals surface area contributed by atoms with Gasteiger partial charge in [0.15, 0.2) is 0 Å². The van der Waals surface area contributed by atoms with Crippen molar-refractivity contribution in [1.29, 1.82) is 0 Å². The number of benzene rings is 1. The van der Waals surface area contributed by atoms with E-state index in [1.807, 2.05) is 9.80 Å². The fourth-order valence-electron chi connectivity index (χ4n) is 3.20. The van der Waals surface area contributed by atoms with Gasteiger partial charge in [0.1, 0.15) is 0 Å². The highest BCUT2D eigenvalue weighted by atomic mass is 16.2. The van der Waals surface area contributed by atoms with Gasteiger partial charge in [-0.2, -0.15) is 0 Å². The van der Waals surface area contributed by atoms with Gasteiger partial charge in [0.25, 0.3) is 0 Å². The Balaban J connectivity index is 1.89. The van der Waals surface area contributed by atoms with E-state index in [1.54, 1.807) is 0 Å². The van der Waals surface area contributed by atoms with Crippen LogP contribution in [0.25, 0.3) is 0 Å². The molecule has 25 heavy (non-hydrogen) atoms. The van der Waals surface area contributed by atoms with E-state index in [1.165, 1.54) is 5.56 Å². The van der Waals surface area contributed by atoms with Crippen LogP contribution in [0.3, 0.4) is 0 Å². The van der Waals surface area contributed by atoms with Crippen molar-refractivity contribution in [3.05, 3.63) is 35.4 Å². The number of nitrogens with zero attached hydrogens (tertiary/aromatic N) is 2. The number of hydrogen-bond acceptors (Lipinski definition) is 2. The number of rotatable bonds is 5. The van der Waals surface area contributed by atoms with Gasteiger partial charge in [0.2, 0.25) is 11.8 Å². The second kappa shape index (κ2) is 9.02. The first-order valence-electron chi connectivity index (χ1n) is 9.51. The van der Waals surface area contributed by atoms with Crippen LogP contribution in [0.2, 0.25) is 0 Å². The number of carbonyl (C=O) groups is 2. The van der Waals surface area contributed by atoms with Crippen molar-refractivity contribution in [1.82, 2.24) is 9.80 Å². The molecule has 1 heterocycles. The second-order valence-electron chi connectivity index (χ2n) is 7.79. The minimum atomic E-state index is 0.162. The summed E-state index contributed by atoms with van der Waals surface area (Å²) in [7, 11) is 0. The Labute approximate surface area is 152 Å². The minimum absolute atomic E-state index is 0.162. The molecular formula is C21H32N2O2. The molecule has 1 fully saturated rings. The lowest BCUT2D eigenvalue weighted by molar-refractivity contribution is -0.133. The summed E-state index contributed by atoms with van der Waals surface area (Å²) < 4.78 is 0. The van der Waals surface area contributed by atoms with Crippen LogP contribution in [0.15, 0.2) is 24.3 Å². The SMILES string of the molecule is CC(C)CC(=O)N1CCCN(C(=O)Cc2ccc(C(C)C)cc2)CC1. The molecule has 2 amide bonds. The second-order valence-corrected chi connectivity index (χ2v) is 7.79. The maximum absolute atomic E-state index is 12.6. The van der Waals surface area contributed by atoms with Crippen LogP contribution >= 0.6 is 0 Å². The van der Waals surface area contributed by atoms with Crippen molar-refractivity contribution in [2.75, 3.05) is 26.2 Å². The fourth-order valence-corrected chi connectivity index (χ4v) is 3.20. The summed E-state index contributed by atoms with van der Waals surface area (Å²) >= 11 is 0. The Morgan fingerprint density at radius 3 is 1.96 bits per heavy atom. The normalized spacial score (nSPS) is 15.6. The average molecular weight is 344 g/mol. The quantitative estimate of drug-likeness (QED) is 0.821. The molecule has 0 aliphatic carbocycles. The van der Waals surface area contributed by atoms with E-state index in [4.69, 9.17) is 0 Å². The van der Waals surface area contributed by atoms with Gasteiger partial charge in [-0.05, 0) is 29.4 Å². The topological polar surface area (TPSA) is 40.6 Å². The zero-order valence-corrected chi connectivity index (χ0v) is 16.1. The summed E-state index contributed by atoms with van der Waals surface area (Å²) in [6.45, 7) is 11.3. The van der Waals surface area contributed by atoms with Gasteiger partial charge in [0, 0.05) is 32.6 Å². The Kier molecular flexibility index (Phi) is 7.03. The average Bonchev–Trinajstić information content (AvgIpc) is 2.81. The van der Waals surface area contributed by atoms with Crippen LogP contribution in [0, 0.1) is 5.92 Å². The predicted octanol–water partition coefficient (Wildman–Crippen LogP) is 3.46. The molecule has 0 unspecified atom stereocenters. The molecule has 0 aromatic heterocycles. The Hall–Kier alpha value is -1.84. The van der Waals surface area contributed by atoms with Crippen molar-refractivity contribution < 1.29 is 9.59 Å². The van der Waals surface area contributed by atoms with Crippen LogP contribution in [0.1, 0.15) is 57.6 Å². The fraction of sp³-hybridized carbons (Fsp3) is 0.619. The van der Waals surface area contributed by atoms with Crippen molar-refractivity contribution >= 4 is 11.8 Å². The van der Waals surface area contributed by atoms with E-state index in [0.29, 0.717) is 37.8 Å². The van der Waals surface area contributed by atoms with Crippen LogP contribution in [0.4, 0.5) is 0 Å². The first-order valence-corrected chi connectivity index (χ1v) is 9.51. The van der Waals surface area contributed by atoms with Crippen LogP contribution in [-0.2, 0) is 16.0 Å². The molecule has 0 bridgehead atoms. The zero-order chi connectivity index (χ0) is 18.4. The molecule has 0 atom stereocenters. The first kappa shape index (κ1) is 19.5. The molecule has 2 rings (SSSR count). The first-order chi connectivity index (χ1) is 11.9. The van der Waals surface area contributed by atoms with Gasteiger partial charge < -0.3 is 9.80 Å². The number of hydrogen-bond donors (Lipinski definition) is 0. The monoisotopic (exact) mass is 344 g/mol. The third-order valence-corrected chi connectivity index (χ3v) is 4.79. The molecule has 0 radical (unpaired) electrons. The molecule has 1 saturated heterocycles. The number of amides is 2. The van der Waals surface area contributed by atoms with Crippen LogP contribution in [-0.4, -0.2) is 47.8 Å². The molecule has 0 saturated carbocycles. The third kappa shape index (κ3) is 5.87. The molecule has 0 spiro atoms. The Morgan fingerprint density at radius 2 is 1.44 bits per heavy atom. The van der Waals surface area contributed by atoms with Crippen LogP contribution in [0.5, 0.6) is 0 Å². The van der Waals surface area contributed by atoms with Crippen molar-refractivity contribution in [3.63, 3.8) is 0 Å². The largest absolute Gasteiger partial charge is 0.341 e. The van der Waals surface area contributed by atoms with E-state index in [9.17, 15) is 9.59 Å². The van der Waals surface area contributed by atoms with Gasteiger partial charge in [-0.25, -0.2) is 0 Å². The van der Waals surface area contributed by atoms with E-state index in [2.05, 4.69) is 52.0 Å². The molecule has 1 aromatic rings. The summed E-state index contributed by atoms with van der Waals surface area (Å²) in [5.74, 6) is 1.26. The zero-order valence-electron chi connectivity index (χ0n) is 16.1. The third-order valence-electron chi connectivity index (χ3n) is 4.79. The van der Waals surface area contributed by atoms with Crippen molar-refractivity contribution in [2.45, 2.75) is 52.9 Å². The molecule has 1 aliphatic rings. The van der Waals surface area contributed by atoms with Gasteiger partial charge >= 0.3 is 0 Å². The standard InChI is InChI=1S/C21H32N2O2/c1-16(2)14-20(24)22-10-5-11-23(13-12-22)21(25)15-18-6-8-19(9-7-18)17(3)4/h6-9,16-17H,5,10-15H2,1-4H3. The highest BCUT2D eigenvalue weighted by Crippen LogP contribution is 2.16. The van der Waals surface area contributed by atoms with Gasteiger partial charge in [-0.1, -0.05) is 52.0 Å². The lowest BCUT2D eigenvalue weighted by Gasteiger charge is -2.23. The maximum atomic E-state index is 12.6. The number of carbonyl (C=O) groups excluding carboxylic acids is 2. The molecule has 138 valence electrons. The smallest absolute Gasteiger partial charge is 0.227 e. The molecule has 0 N–H and O–H groups in total. The lowest BCUT2D eigenvalue weighted by Crippen LogP contribution is -2.38. The van der Waals surface area contributed by atoms with Gasteiger partial charge in [-0.3, -0.25) is 9.59 Å². The predicted molar refractivity (Wildman–Crippen MR) is 101 cm³/mol. The Bertz CT molecular complexity index is 578. The van der Waals surface area contributed by atoms with Gasteiger partial charge in [-0.15, -0.1) is 0 Å². The van der Waals surface area contributed by atoms with Crippen LogP contribution < -0.4 is 0 Å². The Morgan fingerprint density at radius 1 is 0.880 bits per heavy atom. The van der Waals surface area contributed by atoms with E-state index >= 15 is 0 Å². The molecule has 4 heteroatoms. The van der Waals surface area contributed by atoms with E-state index in [0.717, 1.165) is 25.1 Å². The summed E-state index contributed by atoms with van der Waals surface area (Å²) in [5, 5.41) is 0. The highest BCUT2D eigenvalue weighted by molar-refractivity contribution is 5.79. The van der Waals surface area contributed by atoms with E-state index < -0.39 is 0 Å². The lowest BCUT2D eigenvalue weighted by atomic mass is 10.0. The van der Waals surface area contributed by atoms with Crippen molar-refractivity contribution in [3.8, 4) is 0 Å². The maximum Gasteiger partial charge on any atom is 0.227 e. The van der Waals surface area contributed by atoms with Crippen molar-refractivity contribution in [2.24, 2.45) is 5.92 Å². The minimum Gasteiger partial charge on any atom is -0.341 e. The highest BCUT2D eigenvalue weighted by Gasteiger charge is 2.22. The van der Waals surface area contributed by atoms with E-state index in [-0.39, 0.29) is 11.8 Å². The molecule has 4 nitrogen and oxygen atoms in total. The molecule has 1 aliphatic heterocycles. The van der Waals surface area contributed by atoms with Gasteiger partial charge in [0.05, 0.1) is 6.42 Å². The summed E-state index contributed by atoms with van der Waals surface area (Å²) in [6, 6.07) is 8.34.